The Bertz CT molecular complexity index is 473. The van der Waals surface area contributed by atoms with Crippen LogP contribution in [0.3, 0.4) is 0 Å². The molecule has 0 amide bonds. The lowest BCUT2D eigenvalue weighted by Gasteiger charge is -2.29. The average Bonchev–Trinajstić information content (AvgIpc) is 2.48. The number of likely N-dealkylation sites (tertiary alicyclic amines) is 1. The van der Waals surface area contributed by atoms with Gasteiger partial charge in [-0.05, 0) is 46.2 Å². The molecule has 5 nitrogen and oxygen atoms in total. The minimum atomic E-state index is 0.471. The van der Waals surface area contributed by atoms with E-state index in [1.54, 1.807) is 0 Å². The molecule has 116 valence electrons. The van der Waals surface area contributed by atoms with Crippen LogP contribution in [-0.4, -0.2) is 54.3 Å². The fourth-order valence-electron chi connectivity index (χ4n) is 3.28. The molecule has 21 heavy (non-hydrogen) atoms. The lowest BCUT2D eigenvalue weighted by atomic mass is 9.97. The van der Waals surface area contributed by atoms with Gasteiger partial charge in [-0.1, -0.05) is 0 Å². The Morgan fingerprint density at radius 2 is 2.05 bits per heavy atom. The van der Waals surface area contributed by atoms with Gasteiger partial charge in [0.05, 0.1) is 0 Å². The number of anilines is 1. The summed E-state index contributed by atoms with van der Waals surface area (Å²) in [6.07, 6.45) is 4.56. The van der Waals surface area contributed by atoms with Crippen molar-refractivity contribution in [1.29, 1.82) is 0 Å². The van der Waals surface area contributed by atoms with Crippen molar-refractivity contribution in [1.82, 2.24) is 14.9 Å². The third-order valence-electron chi connectivity index (χ3n) is 4.43. The van der Waals surface area contributed by atoms with Gasteiger partial charge in [0.2, 0.25) is 0 Å². The van der Waals surface area contributed by atoms with Crippen LogP contribution in [0.15, 0.2) is 6.07 Å². The summed E-state index contributed by atoms with van der Waals surface area (Å²) in [5.74, 6) is 2.47. The maximum atomic E-state index is 5.41. The third kappa shape index (κ3) is 3.92. The second kappa shape index (κ2) is 6.71. The SMILES string of the molecule is Cc1cc(NC2CCOCC2)nc([C@@H]2CCCN(C)C2)n1. The number of hydrogen-bond donors (Lipinski definition) is 1. The molecule has 0 bridgehead atoms. The van der Waals surface area contributed by atoms with Gasteiger partial charge in [0.1, 0.15) is 11.6 Å². The number of nitrogens with one attached hydrogen (secondary N) is 1. The average molecular weight is 290 g/mol. The smallest absolute Gasteiger partial charge is 0.135 e. The highest BCUT2D eigenvalue weighted by atomic mass is 16.5. The highest BCUT2D eigenvalue weighted by Gasteiger charge is 2.22. The van der Waals surface area contributed by atoms with E-state index >= 15 is 0 Å². The van der Waals surface area contributed by atoms with E-state index in [0.29, 0.717) is 12.0 Å². The van der Waals surface area contributed by atoms with Gasteiger partial charge in [0.15, 0.2) is 0 Å². The second-order valence-corrected chi connectivity index (χ2v) is 6.39. The summed E-state index contributed by atoms with van der Waals surface area (Å²) in [4.78, 5) is 11.9. The van der Waals surface area contributed by atoms with Gasteiger partial charge < -0.3 is 15.0 Å². The monoisotopic (exact) mass is 290 g/mol. The summed E-state index contributed by atoms with van der Waals surface area (Å²) in [7, 11) is 2.18. The number of piperidine rings is 1. The van der Waals surface area contributed by atoms with Crippen molar-refractivity contribution in [3.8, 4) is 0 Å². The van der Waals surface area contributed by atoms with Gasteiger partial charge in [-0.2, -0.15) is 0 Å². The Balaban J connectivity index is 1.72. The van der Waals surface area contributed by atoms with Crippen molar-refractivity contribution in [3.05, 3.63) is 17.6 Å². The largest absolute Gasteiger partial charge is 0.381 e. The minimum absolute atomic E-state index is 0.471. The third-order valence-corrected chi connectivity index (χ3v) is 4.43. The zero-order valence-corrected chi connectivity index (χ0v) is 13.1. The van der Waals surface area contributed by atoms with Crippen molar-refractivity contribution >= 4 is 5.82 Å². The molecular formula is C16H26N4O. The molecule has 2 fully saturated rings. The number of nitrogens with zero attached hydrogens (tertiary/aromatic N) is 3. The zero-order chi connectivity index (χ0) is 14.7. The van der Waals surface area contributed by atoms with Gasteiger partial charge in [-0.3, -0.25) is 0 Å². The summed E-state index contributed by atoms with van der Waals surface area (Å²) < 4.78 is 5.41. The Labute approximate surface area is 127 Å². The summed E-state index contributed by atoms with van der Waals surface area (Å²) in [5.41, 5.74) is 1.06. The van der Waals surface area contributed by atoms with E-state index in [-0.39, 0.29) is 0 Å². The van der Waals surface area contributed by atoms with Gasteiger partial charge >= 0.3 is 0 Å². The molecule has 1 aromatic heterocycles. The Morgan fingerprint density at radius 3 is 2.81 bits per heavy atom. The molecule has 1 atom stereocenters. The first kappa shape index (κ1) is 14.7. The minimum Gasteiger partial charge on any atom is -0.381 e. The predicted molar refractivity (Wildman–Crippen MR) is 83.7 cm³/mol. The lowest BCUT2D eigenvalue weighted by Crippen LogP contribution is -2.32. The fraction of sp³-hybridized carbons (Fsp3) is 0.750. The van der Waals surface area contributed by atoms with Crippen LogP contribution in [0.1, 0.15) is 43.1 Å². The predicted octanol–water partition coefficient (Wildman–Crippen LogP) is 2.19. The standard InChI is InChI=1S/C16H26N4O/c1-12-10-15(18-14-5-8-21-9-6-14)19-16(17-12)13-4-3-7-20(2)11-13/h10,13-14H,3-9,11H2,1-2H3,(H,17,18,19)/t13-/m1/s1. The quantitative estimate of drug-likeness (QED) is 0.924. The normalized spacial score (nSPS) is 25.0. The molecule has 2 saturated heterocycles. The molecule has 0 spiro atoms. The Hall–Kier alpha value is -1.20. The molecule has 0 saturated carbocycles. The highest BCUT2D eigenvalue weighted by Crippen LogP contribution is 2.25. The first-order valence-corrected chi connectivity index (χ1v) is 8.09. The summed E-state index contributed by atoms with van der Waals surface area (Å²) in [6, 6.07) is 2.54. The van der Waals surface area contributed by atoms with Crippen LogP contribution in [0.5, 0.6) is 0 Å². The number of ether oxygens (including phenoxy) is 1. The van der Waals surface area contributed by atoms with Crippen LogP contribution in [0, 0.1) is 6.92 Å². The zero-order valence-electron chi connectivity index (χ0n) is 13.1. The molecule has 3 rings (SSSR count). The molecule has 0 aliphatic carbocycles. The molecule has 2 aliphatic rings. The van der Waals surface area contributed by atoms with Crippen LogP contribution < -0.4 is 5.32 Å². The van der Waals surface area contributed by atoms with E-state index in [1.165, 1.54) is 19.4 Å². The van der Waals surface area contributed by atoms with Gasteiger partial charge in [-0.15, -0.1) is 0 Å². The van der Waals surface area contributed by atoms with Crippen LogP contribution in [0.4, 0.5) is 5.82 Å². The Kier molecular flexibility index (Phi) is 4.70. The van der Waals surface area contributed by atoms with E-state index in [9.17, 15) is 0 Å². The van der Waals surface area contributed by atoms with Crippen LogP contribution >= 0.6 is 0 Å². The van der Waals surface area contributed by atoms with Crippen molar-refractivity contribution in [2.45, 2.75) is 44.6 Å². The van der Waals surface area contributed by atoms with E-state index in [1.807, 2.05) is 0 Å². The van der Waals surface area contributed by atoms with E-state index < -0.39 is 0 Å². The maximum Gasteiger partial charge on any atom is 0.135 e. The van der Waals surface area contributed by atoms with E-state index in [4.69, 9.17) is 9.72 Å². The number of rotatable bonds is 3. The molecule has 1 aromatic rings. The summed E-state index contributed by atoms with van der Waals surface area (Å²) in [6.45, 7) is 6.02. The van der Waals surface area contributed by atoms with Crippen molar-refractivity contribution in [2.24, 2.45) is 0 Å². The van der Waals surface area contributed by atoms with Crippen LogP contribution in [-0.2, 0) is 4.74 Å². The van der Waals surface area contributed by atoms with E-state index in [2.05, 4.69) is 35.2 Å². The first-order chi connectivity index (χ1) is 10.2. The number of likely N-dealkylation sites (N-methyl/N-ethyl adjacent to an activating group) is 1. The fourth-order valence-corrected chi connectivity index (χ4v) is 3.28. The van der Waals surface area contributed by atoms with Gasteiger partial charge in [0, 0.05) is 43.5 Å². The molecule has 0 radical (unpaired) electrons. The van der Waals surface area contributed by atoms with Crippen molar-refractivity contribution in [3.63, 3.8) is 0 Å². The second-order valence-electron chi connectivity index (χ2n) is 6.39. The molecule has 1 N–H and O–H groups in total. The molecule has 3 heterocycles. The Morgan fingerprint density at radius 1 is 1.24 bits per heavy atom. The van der Waals surface area contributed by atoms with Crippen LogP contribution in [0.25, 0.3) is 0 Å². The molecular weight excluding hydrogens is 264 g/mol. The van der Waals surface area contributed by atoms with Crippen LogP contribution in [0.2, 0.25) is 0 Å². The number of aromatic nitrogens is 2. The topological polar surface area (TPSA) is 50.3 Å². The first-order valence-electron chi connectivity index (χ1n) is 8.09. The molecule has 0 aromatic carbocycles. The summed E-state index contributed by atoms with van der Waals surface area (Å²) >= 11 is 0. The molecule has 5 heteroatoms. The molecule has 2 aliphatic heterocycles. The number of aryl methyl sites for hydroxylation is 1. The van der Waals surface area contributed by atoms with Crippen molar-refractivity contribution in [2.75, 3.05) is 38.7 Å². The van der Waals surface area contributed by atoms with Gasteiger partial charge in [-0.25, -0.2) is 9.97 Å². The lowest BCUT2D eigenvalue weighted by molar-refractivity contribution is 0.0904. The maximum absolute atomic E-state index is 5.41. The summed E-state index contributed by atoms with van der Waals surface area (Å²) in [5, 5.41) is 3.57. The highest BCUT2D eigenvalue weighted by molar-refractivity contribution is 5.37. The van der Waals surface area contributed by atoms with Crippen molar-refractivity contribution < 1.29 is 4.74 Å². The van der Waals surface area contributed by atoms with E-state index in [0.717, 1.165) is 49.9 Å². The number of hydrogen-bond acceptors (Lipinski definition) is 5. The van der Waals surface area contributed by atoms with Gasteiger partial charge in [0.25, 0.3) is 0 Å². The molecule has 0 unspecified atom stereocenters.